The molecule has 3 heterocycles. The smallest absolute Gasteiger partial charge is 0.184 e. The molecule has 9 aromatic carbocycles. The molecule has 0 fully saturated rings. The second-order valence-corrected chi connectivity index (χ2v) is 27.0. The van der Waals surface area contributed by atoms with E-state index in [1.165, 1.54) is 37.4 Å². The molecule has 0 unspecified atom stereocenters. The summed E-state index contributed by atoms with van der Waals surface area (Å²) in [6, 6.07) is 69.5. The van der Waals surface area contributed by atoms with Gasteiger partial charge in [0.05, 0.1) is 29.6 Å². The predicted octanol–water partition coefficient (Wildman–Crippen LogP) is 16.4. The summed E-state index contributed by atoms with van der Waals surface area (Å²) in [4.78, 5) is 12.0. The molecule has 2 aliphatic heterocycles. The van der Waals surface area contributed by atoms with Gasteiger partial charge in [-0.1, -0.05) is 225 Å². The zero-order valence-electron chi connectivity index (χ0n) is 50.8. The van der Waals surface area contributed by atoms with Crippen molar-refractivity contribution < 1.29 is 11.6 Å². The predicted molar refractivity (Wildman–Crippen MR) is 331 cm³/mol. The van der Waals surface area contributed by atoms with Crippen molar-refractivity contribution in [2.45, 2.75) is 72.6 Å². The Morgan fingerprint density at radius 2 is 1.10 bits per heavy atom. The van der Waals surface area contributed by atoms with Crippen molar-refractivity contribution in [3.8, 4) is 33.8 Å². The second kappa shape index (κ2) is 20.2. The highest BCUT2D eigenvalue weighted by atomic mass is 28.3. The number of pyridine rings is 1. The third-order valence-electron chi connectivity index (χ3n) is 15.4. The van der Waals surface area contributed by atoms with Gasteiger partial charge in [-0.3, -0.25) is 4.90 Å². The lowest BCUT2D eigenvalue weighted by Gasteiger charge is -2.44. The molecular weight excluding hydrogens is 965 g/mol. The summed E-state index contributed by atoms with van der Waals surface area (Å²) in [5, 5.41) is 5.11. The van der Waals surface area contributed by atoms with Crippen molar-refractivity contribution in [1.29, 1.82) is 0 Å². The van der Waals surface area contributed by atoms with Crippen LogP contribution in [0, 0.1) is 5.92 Å². The minimum Gasteiger partial charge on any atom is -0.457 e. The third-order valence-corrected chi connectivity index (χ3v) is 20.3. The Kier molecular flexibility index (Phi) is 11.5. The number of aromatic nitrogens is 1. The Balaban J connectivity index is 0.996. The minimum atomic E-state index is -2.97. The van der Waals surface area contributed by atoms with Gasteiger partial charge >= 0.3 is 0 Å². The zero-order valence-corrected chi connectivity index (χ0v) is 46.8. The molecule has 2 aliphatic rings. The summed E-state index contributed by atoms with van der Waals surface area (Å²) in [5.74, 6) is 2.66. The van der Waals surface area contributed by atoms with Crippen LogP contribution in [0.5, 0.6) is 11.5 Å². The second-order valence-electron chi connectivity index (χ2n) is 23.2. The Hall–Kier alpha value is -8.45. The van der Waals surface area contributed by atoms with Gasteiger partial charge in [-0.15, -0.1) is 0 Å². The van der Waals surface area contributed by atoms with Gasteiger partial charge in [-0.2, -0.15) is 0 Å². The number of ether oxygens (including phenoxy) is 1. The van der Waals surface area contributed by atoms with Crippen LogP contribution in [0.25, 0.3) is 22.3 Å². The van der Waals surface area contributed by atoms with Crippen molar-refractivity contribution in [2.75, 3.05) is 21.4 Å². The largest absolute Gasteiger partial charge is 0.457 e. The molecule has 0 aliphatic carbocycles. The van der Waals surface area contributed by atoms with Gasteiger partial charge in [-0.25, -0.2) is 4.98 Å². The van der Waals surface area contributed by atoms with Crippen LogP contribution >= 0.6 is 0 Å². The van der Waals surface area contributed by atoms with Crippen LogP contribution in [0.2, 0.25) is 0 Å². The van der Waals surface area contributed by atoms with Crippen molar-refractivity contribution >= 4 is 68.8 Å². The van der Waals surface area contributed by atoms with Crippen molar-refractivity contribution in [3.05, 3.63) is 253 Å². The van der Waals surface area contributed by atoms with Crippen LogP contribution in [-0.2, 0) is 17.3 Å². The molecule has 1 aromatic heterocycles. The van der Waals surface area contributed by atoms with Gasteiger partial charge in [0.25, 0.3) is 0 Å². The van der Waals surface area contributed by atoms with Crippen LogP contribution in [0.15, 0.2) is 237 Å². The minimum absolute atomic E-state index is 0.154. The molecule has 0 amide bonds. The van der Waals surface area contributed by atoms with Gasteiger partial charge in [-0.05, 0) is 120 Å². The maximum Gasteiger partial charge on any atom is 0.184 e. The molecule has 0 saturated carbocycles. The fourth-order valence-corrected chi connectivity index (χ4v) is 16.8. The van der Waals surface area contributed by atoms with E-state index in [4.69, 9.17) is 13.8 Å². The fraction of sp³-hybridized carbons (Fsp3) is 0.181. The van der Waals surface area contributed by atoms with Gasteiger partial charge < -0.3 is 14.5 Å². The molecule has 78 heavy (non-hydrogen) atoms. The lowest BCUT2D eigenvalue weighted by Crippen LogP contribution is -2.77. The number of rotatable bonds is 11. The molecular formula is C72H68N4OSi. The molecule has 0 spiro atoms. The molecule has 0 radical (unpaired) electrons. The number of hydrogen-bond acceptors (Lipinski definition) is 5. The quantitative estimate of drug-likeness (QED) is 0.121. The third kappa shape index (κ3) is 9.18. The van der Waals surface area contributed by atoms with Crippen molar-refractivity contribution in [2.24, 2.45) is 5.92 Å². The van der Waals surface area contributed by atoms with Gasteiger partial charge in [0.2, 0.25) is 0 Å². The average molecular weight is 1040 g/mol. The highest BCUT2D eigenvalue weighted by Crippen LogP contribution is 2.51. The summed E-state index contributed by atoms with van der Waals surface area (Å²) in [6.45, 7) is 18.2. The molecule has 0 atom stereocenters. The normalized spacial score (nSPS) is 14.7. The highest BCUT2D eigenvalue weighted by molar-refractivity contribution is 7.21. The topological polar surface area (TPSA) is 31.8 Å². The number of anilines is 7. The van der Waals surface area contributed by atoms with Crippen molar-refractivity contribution in [1.82, 2.24) is 4.98 Å². The monoisotopic (exact) mass is 1040 g/mol. The highest BCUT2D eigenvalue weighted by Gasteiger charge is 2.49. The van der Waals surface area contributed by atoms with Crippen LogP contribution in [0.4, 0.5) is 39.9 Å². The molecule has 0 bridgehead atoms. The van der Waals surface area contributed by atoms with E-state index in [1.54, 1.807) is 0 Å². The standard InChI is InChI=1S/C72H68N4OSi/c1-50(2)42-51-40-41-73-69(43-51)76-65-36-20-21-37-67(65)78(59-28-14-10-15-29-59,60-30-16-11-17-31-60)68-39-38-58(48-66(68)76)77-57-27-22-26-56(47-57)74-49-75(64-35-19-18-34-63(64)74)70-61(52-24-12-9-13-25-52)32-23-33-62(70)53-44-54(71(3,4)5)46-55(45-53)72(6,7)8/h9-41,43-48,50H,42,49H2,1-8H3/i9D,12D,13D,24D,25D. The summed E-state index contributed by atoms with van der Waals surface area (Å²) >= 11 is 0. The first kappa shape index (κ1) is 44.7. The lowest BCUT2D eigenvalue weighted by atomic mass is 9.78. The maximum atomic E-state index is 9.33. The molecule has 386 valence electrons. The van der Waals surface area contributed by atoms with E-state index < -0.39 is 14.1 Å². The first-order valence-corrected chi connectivity index (χ1v) is 29.2. The Morgan fingerprint density at radius 1 is 0.526 bits per heavy atom. The molecule has 6 heteroatoms. The first-order valence-electron chi connectivity index (χ1n) is 29.7. The van der Waals surface area contributed by atoms with E-state index in [9.17, 15) is 2.74 Å². The van der Waals surface area contributed by atoms with Gasteiger partial charge in [0.15, 0.2) is 8.07 Å². The van der Waals surface area contributed by atoms with Crippen LogP contribution in [0.1, 0.15) is 78.9 Å². The number of fused-ring (bicyclic) bond motifs is 3. The Labute approximate surface area is 470 Å². The SMILES string of the molecule is [2H]c1c([2H])c([2H])c(-c2cccc(-c3cc(C(C)(C)C)cc(C(C)(C)C)c3)c2N2CN(c3cccc(Oc4ccc5c(c4)N(c4cc(CC(C)C)ccn4)c4ccccc4[Si]5(c4ccccc4)c4ccccc4)c3)c3ccccc32)c([2H])c1[2H]. The van der Waals surface area contributed by atoms with Crippen LogP contribution in [-0.4, -0.2) is 19.7 Å². The van der Waals surface area contributed by atoms with E-state index >= 15 is 0 Å². The summed E-state index contributed by atoms with van der Waals surface area (Å²) in [5.41, 5.74) is 11.4. The number of nitrogens with zero attached hydrogens (tertiary/aromatic N) is 4. The first-order chi connectivity index (χ1) is 39.8. The summed E-state index contributed by atoms with van der Waals surface area (Å²) < 4.78 is 52.0. The van der Waals surface area contributed by atoms with Gasteiger partial charge in [0, 0.05) is 40.8 Å². The number of para-hydroxylation sites is 4. The Bertz CT molecular complexity index is 4020. The zero-order chi connectivity index (χ0) is 58.1. The Morgan fingerprint density at radius 3 is 1.76 bits per heavy atom. The van der Waals surface area contributed by atoms with Crippen LogP contribution < -0.4 is 40.2 Å². The summed E-state index contributed by atoms with van der Waals surface area (Å²) in [7, 11) is -2.97. The lowest BCUT2D eigenvalue weighted by molar-refractivity contribution is 0.483. The molecule has 0 N–H and O–H groups in total. The fourth-order valence-electron chi connectivity index (χ4n) is 11.7. The van der Waals surface area contributed by atoms with E-state index in [-0.39, 0.29) is 40.6 Å². The summed E-state index contributed by atoms with van der Waals surface area (Å²) in [6.07, 6.45) is 2.87. The van der Waals surface area contributed by atoms with Crippen molar-refractivity contribution in [3.63, 3.8) is 0 Å². The van der Waals surface area contributed by atoms with Crippen LogP contribution in [0.3, 0.4) is 0 Å². The molecule has 10 aromatic rings. The molecule has 12 rings (SSSR count). The number of hydrogen-bond donors (Lipinski definition) is 0. The average Bonchev–Trinajstić information content (AvgIpc) is 1.97. The van der Waals surface area contributed by atoms with Gasteiger partial charge in [0.1, 0.15) is 24.0 Å². The maximum absolute atomic E-state index is 9.33. The molecule has 0 saturated heterocycles. The number of benzene rings is 9. The van der Waals surface area contributed by atoms with E-state index in [1.807, 2.05) is 42.6 Å². The van der Waals surface area contributed by atoms with E-state index in [0.29, 0.717) is 29.6 Å². The van der Waals surface area contributed by atoms with E-state index in [2.05, 4.69) is 234 Å². The molecule has 5 nitrogen and oxygen atoms in total. The van der Waals surface area contributed by atoms with E-state index in [0.717, 1.165) is 57.5 Å².